The van der Waals surface area contributed by atoms with E-state index in [9.17, 15) is 13.2 Å². The van der Waals surface area contributed by atoms with Crippen LogP contribution >= 0.6 is 11.3 Å². The van der Waals surface area contributed by atoms with Crippen molar-refractivity contribution in [1.82, 2.24) is 0 Å². The van der Waals surface area contributed by atoms with Crippen LogP contribution in [0.15, 0.2) is 17.5 Å². The molecular formula is C13H18O3S2. The van der Waals surface area contributed by atoms with Gasteiger partial charge in [0, 0.05) is 0 Å². The van der Waals surface area contributed by atoms with E-state index in [1.54, 1.807) is 17.5 Å². The van der Waals surface area contributed by atoms with Gasteiger partial charge in [0.2, 0.25) is 0 Å². The highest BCUT2D eigenvalue weighted by Crippen LogP contribution is 2.29. The summed E-state index contributed by atoms with van der Waals surface area (Å²) in [5.41, 5.74) is 0. The Labute approximate surface area is 112 Å². The summed E-state index contributed by atoms with van der Waals surface area (Å²) in [5, 5.41) is 1.48. The fourth-order valence-corrected chi connectivity index (χ4v) is 5.17. The molecule has 18 heavy (non-hydrogen) atoms. The summed E-state index contributed by atoms with van der Waals surface area (Å²) in [7, 11) is -3.28. The van der Waals surface area contributed by atoms with Gasteiger partial charge in [0.05, 0.1) is 10.1 Å². The molecule has 0 spiro atoms. The first-order chi connectivity index (χ1) is 8.49. The molecule has 3 nitrogen and oxygen atoms in total. The van der Waals surface area contributed by atoms with Crippen LogP contribution in [0.2, 0.25) is 0 Å². The zero-order valence-corrected chi connectivity index (χ0v) is 12.1. The Morgan fingerprint density at radius 3 is 2.83 bits per heavy atom. The van der Waals surface area contributed by atoms with Crippen molar-refractivity contribution in [3.05, 3.63) is 22.4 Å². The summed E-state index contributed by atoms with van der Waals surface area (Å²) in [6, 6.07) is 3.46. The molecule has 0 radical (unpaired) electrons. The van der Waals surface area contributed by atoms with Gasteiger partial charge in [0.25, 0.3) is 0 Å². The van der Waals surface area contributed by atoms with Gasteiger partial charge in [-0.3, -0.25) is 4.79 Å². The standard InChI is InChI=1S/C13H18O3S2/c1-10-4-2-5-11(8-10)18(15,16)9-12(14)13-6-3-7-17-13/h3,6-7,10-11H,2,4-5,8-9H2,1H3. The van der Waals surface area contributed by atoms with Crippen LogP contribution < -0.4 is 0 Å². The van der Waals surface area contributed by atoms with Crippen molar-refractivity contribution in [3.63, 3.8) is 0 Å². The van der Waals surface area contributed by atoms with Crippen molar-refractivity contribution < 1.29 is 13.2 Å². The number of Topliss-reactive ketones (excluding diaryl/α,β-unsaturated/α-hetero) is 1. The maximum absolute atomic E-state index is 12.2. The van der Waals surface area contributed by atoms with Crippen LogP contribution in [0.25, 0.3) is 0 Å². The molecular weight excluding hydrogens is 268 g/mol. The van der Waals surface area contributed by atoms with Crippen LogP contribution in [0, 0.1) is 5.92 Å². The fraction of sp³-hybridized carbons (Fsp3) is 0.615. The van der Waals surface area contributed by atoms with E-state index < -0.39 is 9.84 Å². The first-order valence-electron chi connectivity index (χ1n) is 6.27. The third kappa shape index (κ3) is 3.20. The molecule has 0 N–H and O–H groups in total. The molecule has 0 saturated heterocycles. The zero-order valence-electron chi connectivity index (χ0n) is 10.5. The van der Waals surface area contributed by atoms with Crippen molar-refractivity contribution in [2.45, 2.75) is 37.9 Å². The summed E-state index contributed by atoms with van der Waals surface area (Å²) in [4.78, 5) is 12.4. The van der Waals surface area contributed by atoms with E-state index in [1.807, 2.05) is 0 Å². The second-order valence-corrected chi connectivity index (χ2v) is 8.33. The Morgan fingerprint density at radius 1 is 1.44 bits per heavy atom. The summed E-state index contributed by atoms with van der Waals surface area (Å²) in [6.45, 7) is 2.09. The number of hydrogen-bond donors (Lipinski definition) is 0. The average molecular weight is 286 g/mol. The maximum atomic E-state index is 12.2. The highest BCUT2D eigenvalue weighted by molar-refractivity contribution is 7.92. The quantitative estimate of drug-likeness (QED) is 0.800. The number of carbonyl (C=O) groups is 1. The van der Waals surface area contributed by atoms with E-state index in [0.717, 1.165) is 12.8 Å². The molecule has 2 unspecified atom stereocenters. The molecule has 0 aromatic carbocycles. The molecule has 1 aliphatic carbocycles. The number of ketones is 1. The van der Waals surface area contributed by atoms with Crippen LogP contribution in [0.4, 0.5) is 0 Å². The molecule has 1 aromatic heterocycles. The van der Waals surface area contributed by atoms with Crippen LogP contribution in [0.3, 0.4) is 0 Å². The number of sulfone groups is 1. The molecule has 0 amide bonds. The predicted molar refractivity (Wildman–Crippen MR) is 73.9 cm³/mol. The van der Waals surface area contributed by atoms with Gasteiger partial charge in [-0.1, -0.05) is 25.8 Å². The second-order valence-electron chi connectivity index (χ2n) is 5.10. The Bertz CT molecular complexity index is 502. The summed E-state index contributed by atoms with van der Waals surface area (Å²) < 4.78 is 24.4. The molecule has 1 aromatic rings. The van der Waals surface area contributed by atoms with E-state index in [0.29, 0.717) is 23.6 Å². The van der Waals surface area contributed by atoms with Crippen molar-refractivity contribution in [1.29, 1.82) is 0 Å². The number of rotatable bonds is 4. The molecule has 5 heteroatoms. The molecule has 1 saturated carbocycles. The smallest absolute Gasteiger partial charge is 0.187 e. The van der Waals surface area contributed by atoms with Crippen molar-refractivity contribution in [3.8, 4) is 0 Å². The Hall–Kier alpha value is -0.680. The molecule has 0 bridgehead atoms. The summed E-state index contributed by atoms with van der Waals surface area (Å²) in [5.74, 6) is -0.135. The van der Waals surface area contributed by atoms with Gasteiger partial charge in [-0.2, -0.15) is 0 Å². The molecule has 1 heterocycles. The molecule has 100 valence electrons. The van der Waals surface area contributed by atoms with Crippen LogP contribution in [-0.2, 0) is 9.84 Å². The fourth-order valence-electron chi connectivity index (χ4n) is 2.51. The van der Waals surface area contributed by atoms with Crippen molar-refractivity contribution in [2.75, 3.05) is 5.75 Å². The summed E-state index contributed by atoms with van der Waals surface area (Å²) in [6.07, 6.45) is 3.48. The van der Waals surface area contributed by atoms with Gasteiger partial charge in [0.15, 0.2) is 15.6 Å². The van der Waals surface area contributed by atoms with E-state index in [2.05, 4.69) is 6.92 Å². The lowest BCUT2D eigenvalue weighted by atomic mass is 9.91. The van der Waals surface area contributed by atoms with E-state index in [1.165, 1.54) is 11.3 Å². The van der Waals surface area contributed by atoms with E-state index in [4.69, 9.17) is 0 Å². The molecule has 1 aliphatic rings. The average Bonchev–Trinajstić information content (AvgIpc) is 2.82. The largest absolute Gasteiger partial charge is 0.292 e. The van der Waals surface area contributed by atoms with Gasteiger partial charge in [-0.15, -0.1) is 11.3 Å². The zero-order chi connectivity index (χ0) is 13.2. The van der Waals surface area contributed by atoms with Gasteiger partial charge < -0.3 is 0 Å². The van der Waals surface area contributed by atoms with Crippen LogP contribution in [0.5, 0.6) is 0 Å². The lowest BCUT2D eigenvalue weighted by molar-refractivity contribution is 0.102. The molecule has 2 rings (SSSR count). The first kappa shape index (κ1) is 13.7. The Kier molecular flexibility index (Phi) is 4.22. The predicted octanol–water partition coefficient (Wildman–Crippen LogP) is 2.92. The van der Waals surface area contributed by atoms with Gasteiger partial charge in [-0.25, -0.2) is 8.42 Å². The second kappa shape index (κ2) is 5.53. The Morgan fingerprint density at radius 2 is 2.22 bits per heavy atom. The molecule has 0 aliphatic heterocycles. The van der Waals surface area contributed by atoms with Crippen LogP contribution in [-0.4, -0.2) is 25.2 Å². The SMILES string of the molecule is CC1CCCC(S(=O)(=O)CC(=O)c2cccs2)C1. The minimum Gasteiger partial charge on any atom is -0.292 e. The van der Waals surface area contributed by atoms with E-state index >= 15 is 0 Å². The minimum absolute atomic E-state index is 0.261. The number of thiophene rings is 1. The maximum Gasteiger partial charge on any atom is 0.187 e. The van der Waals surface area contributed by atoms with Gasteiger partial charge in [-0.05, 0) is 30.2 Å². The molecule has 1 fully saturated rings. The highest BCUT2D eigenvalue weighted by atomic mass is 32.2. The number of carbonyl (C=O) groups excluding carboxylic acids is 1. The van der Waals surface area contributed by atoms with Gasteiger partial charge in [0.1, 0.15) is 5.75 Å². The minimum atomic E-state index is -3.28. The monoisotopic (exact) mass is 286 g/mol. The molecule has 2 atom stereocenters. The van der Waals surface area contributed by atoms with Crippen LogP contribution in [0.1, 0.15) is 42.3 Å². The third-order valence-electron chi connectivity index (χ3n) is 3.52. The third-order valence-corrected chi connectivity index (χ3v) is 6.54. The first-order valence-corrected chi connectivity index (χ1v) is 8.87. The Balaban J connectivity index is 2.05. The summed E-state index contributed by atoms with van der Waals surface area (Å²) >= 11 is 1.30. The lowest BCUT2D eigenvalue weighted by Crippen LogP contribution is -2.31. The lowest BCUT2D eigenvalue weighted by Gasteiger charge is -2.26. The normalized spacial score (nSPS) is 24.9. The topological polar surface area (TPSA) is 51.2 Å². The van der Waals surface area contributed by atoms with Crippen molar-refractivity contribution >= 4 is 27.0 Å². The van der Waals surface area contributed by atoms with Gasteiger partial charge >= 0.3 is 0 Å². The van der Waals surface area contributed by atoms with E-state index in [-0.39, 0.29) is 16.8 Å². The highest BCUT2D eigenvalue weighted by Gasteiger charge is 2.32. The van der Waals surface area contributed by atoms with Crippen molar-refractivity contribution in [2.24, 2.45) is 5.92 Å². The number of hydrogen-bond acceptors (Lipinski definition) is 4.